The molecule has 1 aromatic heterocycles. The predicted molar refractivity (Wildman–Crippen MR) is 103 cm³/mol. The maximum Gasteiger partial charge on any atom is 0.288 e. The number of para-hydroxylation sites is 1. The second-order valence-corrected chi connectivity index (χ2v) is 5.77. The molecule has 2 aromatic carbocycles. The third-order valence-electron chi connectivity index (χ3n) is 3.89. The maximum atomic E-state index is 11.8. The average molecular weight is 371 g/mol. The Hall–Kier alpha value is -4.07. The third-order valence-corrected chi connectivity index (χ3v) is 3.89. The zero-order valence-corrected chi connectivity index (χ0v) is 14.5. The van der Waals surface area contributed by atoms with Gasteiger partial charge in [-0.1, -0.05) is 18.2 Å². The van der Waals surface area contributed by atoms with Crippen LogP contribution in [0.5, 0.6) is 5.75 Å². The summed E-state index contributed by atoms with van der Waals surface area (Å²) in [5.74, 6) is -0.343. The summed E-state index contributed by atoms with van der Waals surface area (Å²) in [6.45, 7) is -0.311. The topological polar surface area (TPSA) is 106 Å². The number of aromatic nitrogens is 2. The van der Waals surface area contributed by atoms with E-state index in [9.17, 15) is 9.59 Å². The summed E-state index contributed by atoms with van der Waals surface area (Å²) >= 11 is 0. The predicted octanol–water partition coefficient (Wildman–Crippen LogP) is 0.949. The lowest BCUT2D eigenvalue weighted by atomic mass is 10.2. The van der Waals surface area contributed by atoms with Crippen LogP contribution in [-0.4, -0.2) is 40.8 Å². The Kier molecular flexibility index (Phi) is 4.75. The molecule has 0 unspecified atom stereocenters. The molecule has 1 aliphatic rings. The van der Waals surface area contributed by atoms with Crippen molar-refractivity contribution in [3.8, 4) is 5.75 Å². The van der Waals surface area contributed by atoms with E-state index in [0.29, 0.717) is 27.8 Å². The van der Waals surface area contributed by atoms with Gasteiger partial charge >= 0.3 is 0 Å². The number of nitrogens with zero attached hydrogens (tertiary/aromatic N) is 5. The molecule has 0 atom stereocenters. The Morgan fingerprint density at radius 3 is 2.79 bits per heavy atom. The van der Waals surface area contributed by atoms with Gasteiger partial charge in [0.25, 0.3) is 11.8 Å². The van der Waals surface area contributed by atoms with E-state index in [4.69, 9.17) is 4.74 Å². The summed E-state index contributed by atoms with van der Waals surface area (Å²) in [5, 5.41) is 2.09. The van der Waals surface area contributed by atoms with Crippen LogP contribution in [0.2, 0.25) is 0 Å². The Labute approximate surface area is 158 Å². The minimum absolute atomic E-state index is 0.311. The minimum atomic E-state index is -0.648. The number of hydrogen-bond acceptors (Lipinski definition) is 6. The lowest BCUT2D eigenvalue weighted by molar-refractivity contribution is -0.120. The summed E-state index contributed by atoms with van der Waals surface area (Å²) in [6, 6.07) is 12.5. The van der Waals surface area contributed by atoms with Crippen molar-refractivity contribution < 1.29 is 14.3 Å². The highest BCUT2D eigenvalue weighted by Gasteiger charge is 2.07. The number of benzene rings is 2. The van der Waals surface area contributed by atoms with Gasteiger partial charge < -0.3 is 4.74 Å². The molecular weight excluding hydrogens is 358 g/mol. The van der Waals surface area contributed by atoms with Crippen LogP contribution in [0, 0.1) is 0 Å². The second kappa shape index (κ2) is 7.67. The molecule has 0 spiro atoms. The number of hydrogen-bond donors (Lipinski definition) is 0. The van der Waals surface area contributed by atoms with Crippen LogP contribution < -0.4 is 15.3 Å². The van der Waals surface area contributed by atoms with Crippen molar-refractivity contribution in [1.29, 1.82) is 0 Å². The molecule has 0 aliphatic carbocycles. The number of ether oxygens (including phenoxy) is 1. The van der Waals surface area contributed by atoms with Gasteiger partial charge in [-0.15, -0.1) is 0 Å². The largest absolute Gasteiger partial charge is 0.484 e. The van der Waals surface area contributed by atoms with Gasteiger partial charge in [-0.3, -0.25) is 9.59 Å². The van der Waals surface area contributed by atoms with Crippen LogP contribution in [0.3, 0.4) is 0 Å². The van der Waals surface area contributed by atoms with Gasteiger partial charge in [-0.05, 0) is 30.3 Å². The van der Waals surface area contributed by atoms with Gasteiger partial charge in [0, 0.05) is 16.8 Å². The number of aliphatic imine (C=N–C) groups is 2. The minimum Gasteiger partial charge on any atom is -0.484 e. The summed E-state index contributed by atoms with van der Waals surface area (Å²) in [7, 11) is 0. The van der Waals surface area contributed by atoms with Crippen molar-refractivity contribution in [1.82, 2.24) is 9.97 Å². The van der Waals surface area contributed by atoms with Gasteiger partial charge in [0.2, 0.25) is 0 Å². The van der Waals surface area contributed by atoms with Crippen molar-refractivity contribution in [3.05, 3.63) is 59.4 Å². The van der Waals surface area contributed by atoms with Gasteiger partial charge in [-0.2, -0.15) is 0 Å². The normalized spacial score (nSPS) is 19.0. The molecule has 0 saturated carbocycles. The van der Waals surface area contributed by atoms with Crippen molar-refractivity contribution >= 4 is 47.0 Å². The maximum absolute atomic E-state index is 11.8. The first-order valence-electron chi connectivity index (χ1n) is 8.36. The van der Waals surface area contributed by atoms with E-state index < -0.39 is 11.8 Å². The first-order valence-corrected chi connectivity index (χ1v) is 8.36. The van der Waals surface area contributed by atoms with E-state index in [1.807, 2.05) is 24.3 Å². The zero-order chi connectivity index (χ0) is 19.3. The van der Waals surface area contributed by atoms with Crippen LogP contribution in [0.25, 0.3) is 17.0 Å². The fourth-order valence-corrected chi connectivity index (χ4v) is 2.58. The molecule has 28 heavy (non-hydrogen) atoms. The van der Waals surface area contributed by atoms with Gasteiger partial charge in [0.15, 0.2) is 12.4 Å². The highest BCUT2D eigenvalue weighted by atomic mass is 16.5. The highest BCUT2D eigenvalue weighted by molar-refractivity contribution is 6.30. The lowest BCUT2D eigenvalue weighted by Crippen LogP contribution is -2.24. The van der Waals surface area contributed by atoms with E-state index in [1.165, 1.54) is 12.5 Å². The number of fused-ring (bicyclic) bond motifs is 2. The Morgan fingerprint density at radius 2 is 1.86 bits per heavy atom. The second-order valence-electron chi connectivity index (χ2n) is 5.77. The highest BCUT2D eigenvalue weighted by Crippen LogP contribution is 2.25. The Bertz CT molecular complexity index is 1260. The summed E-state index contributed by atoms with van der Waals surface area (Å²) < 4.78 is 5.47. The lowest BCUT2D eigenvalue weighted by Gasteiger charge is -2.06. The van der Waals surface area contributed by atoms with Gasteiger partial charge in [-0.25, -0.2) is 24.9 Å². The molecule has 8 heteroatoms. The molecule has 3 aromatic rings. The van der Waals surface area contributed by atoms with Crippen molar-refractivity contribution in [3.63, 3.8) is 0 Å². The number of rotatable bonds is 0. The molecule has 0 radical (unpaired) electrons. The summed E-state index contributed by atoms with van der Waals surface area (Å²) in [6.07, 6.45) is 5.29. The van der Waals surface area contributed by atoms with Crippen LogP contribution in [-0.2, 0) is 9.59 Å². The molecule has 2 amide bonds. The Morgan fingerprint density at radius 1 is 0.964 bits per heavy atom. The van der Waals surface area contributed by atoms with E-state index >= 15 is 0 Å². The van der Waals surface area contributed by atoms with Crippen LogP contribution >= 0.6 is 0 Å². The van der Waals surface area contributed by atoms with Gasteiger partial charge in [0.1, 0.15) is 12.1 Å². The van der Waals surface area contributed by atoms with Crippen LogP contribution in [0.1, 0.15) is 0 Å². The molecule has 4 rings (SSSR count). The summed E-state index contributed by atoms with van der Waals surface area (Å²) in [5.41, 5.74) is 0.695. The smallest absolute Gasteiger partial charge is 0.288 e. The van der Waals surface area contributed by atoms with Crippen LogP contribution in [0.15, 0.2) is 63.8 Å². The molecule has 136 valence electrons. The van der Waals surface area contributed by atoms with E-state index in [-0.39, 0.29) is 6.61 Å². The fourth-order valence-electron chi connectivity index (χ4n) is 2.58. The van der Waals surface area contributed by atoms with Crippen molar-refractivity contribution in [2.75, 3.05) is 6.61 Å². The summed E-state index contributed by atoms with van der Waals surface area (Å²) in [4.78, 5) is 43.9. The molecule has 2 bridgehead atoms. The zero-order valence-electron chi connectivity index (χ0n) is 14.5. The molecule has 8 nitrogen and oxygen atoms in total. The SMILES string of the molecule is O=C1/C=N\C(=O)COc2ccc3ncnc(c3c2)/N=c2/cccc/c2=C/C=N\1. The third kappa shape index (κ3) is 3.85. The molecule has 1 aliphatic heterocycles. The molecular formula is C20H13N5O3. The van der Waals surface area contributed by atoms with Crippen molar-refractivity contribution in [2.24, 2.45) is 15.0 Å². The fraction of sp³-hybridized carbons (Fsp3) is 0.0500. The van der Waals surface area contributed by atoms with E-state index in [0.717, 1.165) is 11.4 Å². The van der Waals surface area contributed by atoms with Gasteiger partial charge in [0.05, 0.1) is 17.1 Å². The molecule has 0 fully saturated rings. The van der Waals surface area contributed by atoms with Crippen molar-refractivity contribution in [2.45, 2.75) is 0 Å². The number of carbonyl (C=O) groups excluding carboxylic acids is 2. The number of amides is 2. The van der Waals surface area contributed by atoms with E-state index in [1.54, 1.807) is 24.3 Å². The van der Waals surface area contributed by atoms with E-state index in [2.05, 4.69) is 24.9 Å². The molecule has 0 N–H and O–H groups in total. The Balaban J connectivity index is 1.96. The molecule has 2 heterocycles. The molecule has 0 saturated heterocycles. The monoisotopic (exact) mass is 371 g/mol. The first kappa shape index (κ1) is 17.3. The standard InChI is InChI=1S/C20H13N5O3/c26-18-10-22-19(27)11-28-14-5-6-17-15(9-14)20(24-12-23-17)25-16-4-2-1-3-13(16)7-8-21-18/h1-10,12H,11H2/b13-7-,21-8-,22-10-,25-16-. The average Bonchev–Trinajstić information content (AvgIpc) is 2.71. The van der Waals surface area contributed by atoms with Crippen LogP contribution in [0.4, 0.5) is 5.82 Å². The quantitative estimate of drug-likeness (QED) is 0.585. The first-order chi connectivity index (χ1) is 13.7. The number of carbonyl (C=O) groups is 2.